The van der Waals surface area contributed by atoms with Crippen molar-refractivity contribution in [3.63, 3.8) is 0 Å². The minimum Gasteiger partial charge on any atom is -0.336 e. The molecule has 0 spiro atoms. The van der Waals surface area contributed by atoms with Crippen molar-refractivity contribution in [3.8, 4) is 0 Å². The van der Waals surface area contributed by atoms with Crippen molar-refractivity contribution in [1.82, 2.24) is 23.7 Å². The van der Waals surface area contributed by atoms with Crippen molar-refractivity contribution in [1.29, 1.82) is 0 Å². The molecule has 2 fully saturated rings. The van der Waals surface area contributed by atoms with Crippen molar-refractivity contribution >= 4 is 27.1 Å². The zero-order valence-electron chi connectivity index (χ0n) is 14.0. The maximum absolute atomic E-state index is 13.0. The number of amides is 2. The molecule has 1 atom stereocenters. The minimum absolute atomic E-state index is 0.136. The summed E-state index contributed by atoms with van der Waals surface area (Å²) in [5, 5.41) is 2.74. The normalized spacial score (nSPS) is 21.6. The van der Waals surface area contributed by atoms with Crippen LogP contribution in [0.25, 0.3) is 11.0 Å². The fourth-order valence-electron chi connectivity index (χ4n) is 3.59. The Balaban J connectivity index is 1.71. The summed E-state index contributed by atoms with van der Waals surface area (Å²) in [7, 11) is -0.411. The van der Waals surface area contributed by atoms with Crippen LogP contribution in [-0.2, 0) is 24.1 Å². The van der Waals surface area contributed by atoms with Gasteiger partial charge in [0.1, 0.15) is 0 Å². The SMILES string of the molecule is Cn1c(=O)n(C)c2cc(S(=O)(=O)N3CCN4C(=O)NCC4C3)ccc21. The van der Waals surface area contributed by atoms with Gasteiger partial charge in [0, 0.05) is 40.3 Å². The molecule has 2 saturated heterocycles. The van der Waals surface area contributed by atoms with Crippen LogP contribution in [0.15, 0.2) is 27.9 Å². The molecule has 10 heteroatoms. The maximum Gasteiger partial charge on any atom is 0.328 e. The average Bonchev–Trinajstić information content (AvgIpc) is 3.08. The van der Waals surface area contributed by atoms with Crippen molar-refractivity contribution in [2.75, 3.05) is 26.2 Å². The number of hydrogen-bond donors (Lipinski definition) is 1. The van der Waals surface area contributed by atoms with Gasteiger partial charge in [-0.15, -0.1) is 0 Å². The van der Waals surface area contributed by atoms with Gasteiger partial charge >= 0.3 is 11.7 Å². The summed E-state index contributed by atoms with van der Waals surface area (Å²) in [5.41, 5.74) is 1.06. The van der Waals surface area contributed by atoms with Gasteiger partial charge in [-0.1, -0.05) is 0 Å². The average molecular weight is 365 g/mol. The van der Waals surface area contributed by atoms with Crippen molar-refractivity contribution in [2.45, 2.75) is 10.9 Å². The van der Waals surface area contributed by atoms with Gasteiger partial charge in [-0.2, -0.15) is 4.31 Å². The second-order valence-electron chi connectivity index (χ2n) is 6.45. The summed E-state index contributed by atoms with van der Waals surface area (Å²) in [6, 6.07) is 4.45. The predicted molar refractivity (Wildman–Crippen MR) is 90.8 cm³/mol. The summed E-state index contributed by atoms with van der Waals surface area (Å²) in [5.74, 6) is 0. The number of rotatable bonds is 2. The number of nitrogens with one attached hydrogen (secondary N) is 1. The molecule has 0 radical (unpaired) electrons. The third-order valence-corrected chi connectivity index (χ3v) is 6.94. The molecule has 0 bridgehead atoms. The molecule has 1 unspecified atom stereocenters. The van der Waals surface area contributed by atoms with Gasteiger partial charge in [-0.3, -0.25) is 9.13 Å². The lowest BCUT2D eigenvalue weighted by Crippen LogP contribution is -2.53. The summed E-state index contributed by atoms with van der Waals surface area (Å²) in [6.45, 7) is 1.36. The number of aryl methyl sites for hydroxylation is 2. The molecular weight excluding hydrogens is 346 g/mol. The lowest BCUT2D eigenvalue weighted by Gasteiger charge is -2.35. The van der Waals surface area contributed by atoms with E-state index in [0.29, 0.717) is 24.1 Å². The highest BCUT2D eigenvalue weighted by molar-refractivity contribution is 7.89. The molecule has 1 aromatic heterocycles. The molecule has 9 nitrogen and oxygen atoms in total. The number of fused-ring (bicyclic) bond motifs is 2. The van der Waals surface area contributed by atoms with E-state index < -0.39 is 10.0 Å². The number of hydrogen-bond acceptors (Lipinski definition) is 4. The Bertz CT molecular complexity index is 1040. The molecule has 1 N–H and O–H groups in total. The number of aromatic nitrogens is 2. The van der Waals surface area contributed by atoms with Crippen LogP contribution >= 0.6 is 0 Å². The van der Waals surface area contributed by atoms with Gasteiger partial charge in [0.2, 0.25) is 10.0 Å². The highest BCUT2D eigenvalue weighted by Gasteiger charge is 2.39. The fourth-order valence-corrected chi connectivity index (χ4v) is 5.08. The Morgan fingerprint density at radius 3 is 2.56 bits per heavy atom. The first kappa shape index (κ1) is 16.2. The van der Waals surface area contributed by atoms with E-state index >= 15 is 0 Å². The number of piperazine rings is 1. The monoisotopic (exact) mass is 365 g/mol. The lowest BCUT2D eigenvalue weighted by molar-refractivity contribution is 0.164. The quantitative estimate of drug-likeness (QED) is 0.759. The van der Waals surface area contributed by atoms with E-state index in [-0.39, 0.29) is 35.7 Å². The molecule has 0 aliphatic carbocycles. The molecule has 1 aromatic carbocycles. The molecular formula is C15H19N5O4S. The number of carbonyl (C=O) groups is 1. The van der Waals surface area contributed by atoms with Crippen LogP contribution in [0.2, 0.25) is 0 Å². The van der Waals surface area contributed by atoms with Crippen LogP contribution in [0.4, 0.5) is 4.79 Å². The number of sulfonamides is 1. The Kier molecular flexibility index (Phi) is 3.45. The predicted octanol–water partition coefficient (Wildman–Crippen LogP) is -0.725. The van der Waals surface area contributed by atoms with Crippen LogP contribution in [0.3, 0.4) is 0 Å². The highest BCUT2D eigenvalue weighted by atomic mass is 32.2. The van der Waals surface area contributed by atoms with Gasteiger partial charge in [0.15, 0.2) is 0 Å². The zero-order valence-corrected chi connectivity index (χ0v) is 14.8. The van der Waals surface area contributed by atoms with E-state index in [4.69, 9.17) is 0 Å². The fraction of sp³-hybridized carbons (Fsp3) is 0.467. The molecule has 2 aliphatic rings. The molecule has 134 valence electrons. The summed E-state index contributed by atoms with van der Waals surface area (Å²) < 4.78 is 30.4. The first-order chi connectivity index (χ1) is 11.8. The lowest BCUT2D eigenvalue weighted by atomic mass is 10.2. The molecule has 4 rings (SSSR count). The summed E-state index contributed by atoms with van der Waals surface area (Å²) in [4.78, 5) is 25.5. The standard InChI is InChI=1S/C15H19N5O4S/c1-17-12-4-3-11(7-13(12)18(2)15(17)22)25(23,24)19-5-6-20-10(9-19)8-16-14(20)21/h3-4,7,10H,5-6,8-9H2,1-2H3,(H,16,21). The molecule has 3 heterocycles. The zero-order chi connectivity index (χ0) is 17.9. The van der Waals surface area contributed by atoms with Gasteiger partial charge in [0.05, 0.1) is 22.0 Å². The second kappa shape index (κ2) is 5.33. The van der Waals surface area contributed by atoms with E-state index in [0.717, 1.165) is 0 Å². The van der Waals surface area contributed by atoms with Crippen molar-refractivity contribution in [3.05, 3.63) is 28.7 Å². The smallest absolute Gasteiger partial charge is 0.328 e. The maximum atomic E-state index is 13.0. The first-order valence-electron chi connectivity index (χ1n) is 8.01. The molecule has 2 amide bonds. The van der Waals surface area contributed by atoms with Gasteiger partial charge < -0.3 is 10.2 Å². The number of carbonyl (C=O) groups excluding carboxylic acids is 1. The molecule has 25 heavy (non-hydrogen) atoms. The van der Waals surface area contributed by atoms with E-state index in [1.165, 1.54) is 25.6 Å². The molecule has 0 saturated carbocycles. The number of urea groups is 1. The third kappa shape index (κ3) is 2.28. The Hall–Kier alpha value is -2.33. The molecule has 2 aromatic rings. The second-order valence-corrected chi connectivity index (χ2v) is 8.39. The Morgan fingerprint density at radius 1 is 1.08 bits per heavy atom. The largest absolute Gasteiger partial charge is 0.336 e. The van der Waals surface area contributed by atoms with Gasteiger partial charge in [-0.25, -0.2) is 18.0 Å². The van der Waals surface area contributed by atoms with Crippen molar-refractivity contribution < 1.29 is 13.2 Å². The van der Waals surface area contributed by atoms with Crippen LogP contribution in [-0.4, -0.2) is 65.0 Å². The highest BCUT2D eigenvalue weighted by Crippen LogP contribution is 2.24. The summed E-state index contributed by atoms with van der Waals surface area (Å²) in [6.07, 6.45) is 0. The minimum atomic E-state index is -3.69. The van der Waals surface area contributed by atoms with E-state index in [9.17, 15) is 18.0 Å². The van der Waals surface area contributed by atoms with Gasteiger partial charge in [-0.05, 0) is 18.2 Å². The number of nitrogens with zero attached hydrogens (tertiary/aromatic N) is 4. The van der Waals surface area contributed by atoms with E-state index in [1.807, 2.05) is 0 Å². The topological polar surface area (TPSA) is 96.7 Å². The van der Waals surface area contributed by atoms with E-state index in [2.05, 4.69) is 5.32 Å². The van der Waals surface area contributed by atoms with Crippen LogP contribution in [0.5, 0.6) is 0 Å². The summed E-state index contributed by atoms with van der Waals surface area (Å²) >= 11 is 0. The van der Waals surface area contributed by atoms with Crippen LogP contribution in [0, 0.1) is 0 Å². The number of benzene rings is 1. The Morgan fingerprint density at radius 2 is 1.80 bits per heavy atom. The van der Waals surface area contributed by atoms with E-state index in [1.54, 1.807) is 25.1 Å². The Labute approximate surface area is 144 Å². The van der Waals surface area contributed by atoms with Crippen LogP contribution < -0.4 is 11.0 Å². The molecule has 2 aliphatic heterocycles. The first-order valence-corrected chi connectivity index (χ1v) is 9.45. The third-order valence-electron chi connectivity index (χ3n) is 5.08. The van der Waals surface area contributed by atoms with Crippen LogP contribution in [0.1, 0.15) is 0 Å². The van der Waals surface area contributed by atoms with Crippen molar-refractivity contribution in [2.24, 2.45) is 14.1 Å². The van der Waals surface area contributed by atoms with Gasteiger partial charge in [0.25, 0.3) is 0 Å². The number of imidazole rings is 1.